The number of benzene rings is 1. The molecule has 21 heavy (non-hydrogen) atoms. The van der Waals surface area contributed by atoms with Crippen LogP contribution in [0.15, 0.2) is 22.7 Å². The molecule has 1 unspecified atom stereocenters. The molecule has 1 atom stereocenters. The monoisotopic (exact) mass is 371 g/mol. The van der Waals surface area contributed by atoms with Gasteiger partial charge in [0.1, 0.15) is 0 Å². The third-order valence-electron chi connectivity index (χ3n) is 3.49. The minimum absolute atomic E-state index is 0.452. The fraction of sp³-hybridized carbons (Fsp3) is 0.400. The molecule has 0 fully saturated rings. The SMILES string of the molecule is CCc1nn(CC)c(CC(O)c2ccc(Cl)cc2N)c1Br. The molecule has 1 aromatic carbocycles. The smallest absolute Gasteiger partial charge is 0.0865 e. The maximum atomic E-state index is 10.5. The summed E-state index contributed by atoms with van der Waals surface area (Å²) in [5.41, 5.74) is 9.12. The molecule has 0 aliphatic carbocycles. The van der Waals surface area contributed by atoms with E-state index in [-0.39, 0.29) is 0 Å². The lowest BCUT2D eigenvalue weighted by Crippen LogP contribution is -2.10. The number of aryl methyl sites for hydroxylation is 2. The zero-order valence-corrected chi connectivity index (χ0v) is 14.4. The van der Waals surface area contributed by atoms with Gasteiger partial charge in [0, 0.05) is 29.2 Å². The van der Waals surface area contributed by atoms with E-state index in [9.17, 15) is 5.11 Å². The van der Waals surface area contributed by atoms with Crippen molar-refractivity contribution in [2.45, 2.75) is 39.3 Å². The number of rotatable bonds is 5. The van der Waals surface area contributed by atoms with E-state index >= 15 is 0 Å². The van der Waals surface area contributed by atoms with Gasteiger partial charge >= 0.3 is 0 Å². The number of halogens is 2. The third-order valence-corrected chi connectivity index (χ3v) is 4.64. The normalized spacial score (nSPS) is 12.6. The Kier molecular flexibility index (Phi) is 5.30. The fourth-order valence-electron chi connectivity index (χ4n) is 2.35. The molecular weight excluding hydrogens is 354 g/mol. The standard InChI is InChI=1S/C15H19BrClN3O/c1-3-12-15(16)13(20(4-2)19-12)8-14(21)10-6-5-9(17)7-11(10)18/h5-7,14,21H,3-4,8,18H2,1-2H3. The zero-order chi connectivity index (χ0) is 15.6. The molecule has 0 aliphatic rings. The number of aliphatic hydroxyl groups is 1. The maximum Gasteiger partial charge on any atom is 0.0865 e. The van der Waals surface area contributed by atoms with E-state index in [1.54, 1.807) is 18.2 Å². The quantitative estimate of drug-likeness (QED) is 0.786. The van der Waals surface area contributed by atoms with Crippen molar-refractivity contribution in [3.8, 4) is 0 Å². The average Bonchev–Trinajstić information content (AvgIpc) is 2.75. The van der Waals surface area contributed by atoms with Crippen molar-refractivity contribution >= 4 is 33.2 Å². The molecule has 0 saturated carbocycles. The minimum Gasteiger partial charge on any atom is -0.398 e. The number of nitrogen functional groups attached to an aromatic ring is 1. The summed E-state index contributed by atoms with van der Waals surface area (Å²) in [6.07, 6.45) is 0.609. The lowest BCUT2D eigenvalue weighted by atomic mass is 10.0. The molecule has 3 N–H and O–H groups in total. The molecule has 1 aromatic heterocycles. The van der Waals surface area contributed by atoms with Crippen LogP contribution in [-0.4, -0.2) is 14.9 Å². The zero-order valence-electron chi connectivity index (χ0n) is 12.1. The van der Waals surface area contributed by atoms with Crippen molar-refractivity contribution in [3.05, 3.63) is 44.6 Å². The molecule has 2 aromatic rings. The van der Waals surface area contributed by atoms with Gasteiger partial charge in [0.05, 0.1) is 22.0 Å². The molecule has 0 bridgehead atoms. The summed E-state index contributed by atoms with van der Waals surface area (Å²) in [5, 5.41) is 15.6. The van der Waals surface area contributed by atoms with Crippen molar-refractivity contribution in [3.63, 3.8) is 0 Å². The Hall–Kier alpha value is -1.04. The number of aliphatic hydroxyl groups excluding tert-OH is 1. The number of hydrogen-bond donors (Lipinski definition) is 2. The van der Waals surface area contributed by atoms with Gasteiger partial charge in [-0.3, -0.25) is 4.68 Å². The second-order valence-electron chi connectivity index (χ2n) is 4.87. The highest BCUT2D eigenvalue weighted by Crippen LogP contribution is 2.30. The van der Waals surface area contributed by atoms with Crippen LogP contribution in [0.2, 0.25) is 5.02 Å². The molecule has 0 aliphatic heterocycles. The van der Waals surface area contributed by atoms with Crippen LogP contribution in [0.3, 0.4) is 0 Å². The van der Waals surface area contributed by atoms with Gasteiger partial charge in [0.25, 0.3) is 0 Å². The summed E-state index contributed by atoms with van der Waals surface area (Å²) in [6, 6.07) is 5.16. The van der Waals surface area contributed by atoms with Gasteiger partial charge in [-0.2, -0.15) is 5.10 Å². The van der Waals surface area contributed by atoms with E-state index in [1.807, 2.05) is 11.6 Å². The molecule has 114 valence electrons. The number of hydrogen-bond acceptors (Lipinski definition) is 3. The molecule has 0 saturated heterocycles. The first-order chi connectivity index (χ1) is 9.97. The summed E-state index contributed by atoms with van der Waals surface area (Å²) >= 11 is 9.48. The van der Waals surface area contributed by atoms with E-state index in [4.69, 9.17) is 17.3 Å². The Morgan fingerprint density at radius 3 is 2.71 bits per heavy atom. The lowest BCUT2D eigenvalue weighted by molar-refractivity contribution is 0.176. The van der Waals surface area contributed by atoms with Gasteiger partial charge in [-0.1, -0.05) is 24.6 Å². The number of anilines is 1. The van der Waals surface area contributed by atoms with Crippen LogP contribution in [0.25, 0.3) is 0 Å². The summed E-state index contributed by atoms with van der Waals surface area (Å²) in [7, 11) is 0. The van der Waals surface area contributed by atoms with Crippen LogP contribution in [0.5, 0.6) is 0 Å². The number of nitrogens with zero attached hydrogens (tertiary/aromatic N) is 2. The van der Waals surface area contributed by atoms with Crippen molar-refractivity contribution in [2.75, 3.05) is 5.73 Å². The second-order valence-corrected chi connectivity index (χ2v) is 6.10. The van der Waals surface area contributed by atoms with Gasteiger partial charge in [-0.05, 0) is 41.4 Å². The molecule has 2 rings (SSSR count). The van der Waals surface area contributed by atoms with Crippen LogP contribution in [0, 0.1) is 0 Å². The summed E-state index contributed by atoms with van der Waals surface area (Å²) in [4.78, 5) is 0. The summed E-state index contributed by atoms with van der Waals surface area (Å²) < 4.78 is 2.89. The van der Waals surface area contributed by atoms with Crippen molar-refractivity contribution in [2.24, 2.45) is 0 Å². The molecule has 0 spiro atoms. The molecule has 1 heterocycles. The van der Waals surface area contributed by atoms with Crippen molar-refractivity contribution in [1.29, 1.82) is 0 Å². The Bertz CT molecular complexity index is 642. The van der Waals surface area contributed by atoms with Gasteiger partial charge < -0.3 is 10.8 Å². The molecule has 6 heteroatoms. The Balaban J connectivity index is 2.31. The lowest BCUT2D eigenvalue weighted by Gasteiger charge is -2.15. The summed E-state index contributed by atoms with van der Waals surface area (Å²) in [5.74, 6) is 0. The number of aromatic nitrogens is 2. The maximum absolute atomic E-state index is 10.5. The minimum atomic E-state index is -0.690. The highest BCUT2D eigenvalue weighted by Gasteiger charge is 2.19. The predicted molar refractivity (Wildman–Crippen MR) is 89.5 cm³/mol. The van der Waals surface area contributed by atoms with Gasteiger partial charge in [-0.15, -0.1) is 0 Å². The van der Waals surface area contributed by atoms with E-state index in [0.717, 1.165) is 28.8 Å². The molecular formula is C15H19BrClN3O. The first-order valence-corrected chi connectivity index (χ1v) is 8.12. The predicted octanol–water partition coefficient (Wildman–Crippen LogP) is 3.74. The third kappa shape index (κ3) is 3.42. The first kappa shape index (κ1) is 16.3. The van der Waals surface area contributed by atoms with Crippen molar-refractivity contribution < 1.29 is 5.11 Å². The highest BCUT2D eigenvalue weighted by molar-refractivity contribution is 9.10. The largest absolute Gasteiger partial charge is 0.398 e. The van der Waals surface area contributed by atoms with Crippen LogP contribution >= 0.6 is 27.5 Å². The van der Waals surface area contributed by atoms with Crippen LogP contribution in [0.4, 0.5) is 5.69 Å². The fourth-order valence-corrected chi connectivity index (χ4v) is 3.26. The van der Waals surface area contributed by atoms with E-state index in [0.29, 0.717) is 22.7 Å². The molecule has 4 nitrogen and oxygen atoms in total. The van der Waals surface area contributed by atoms with Crippen molar-refractivity contribution in [1.82, 2.24) is 9.78 Å². The Morgan fingerprint density at radius 2 is 2.14 bits per heavy atom. The number of nitrogens with two attached hydrogens (primary N) is 1. The van der Waals surface area contributed by atoms with E-state index in [1.165, 1.54) is 0 Å². The van der Waals surface area contributed by atoms with Crippen LogP contribution in [0.1, 0.15) is 36.9 Å². The Labute approximate surface area is 138 Å². The van der Waals surface area contributed by atoms with E-state index < -0.39 is 6.10 Å². The first-order valence-electron chi connectivity index (χ1n) is 6.94. The molecule has 0 amide bonds. The Morgan fingerprint density at radius 1 is 1.43 bits per heavy atom. The average molecular weight is 373 g/mol. The topological polar surface area (TPSA) is 64.1 Å². The van der Waals surface area contributed by atoms with Gasteiger partial charge in [0.2, 0.25) is 0 Å². The van der Waals surface area contributed by atoms with E-state index in [2.05, 4.69) is 28.0 Å². The van der Waals surface area contributed by atoms with Crippen LogP contribution in [-0.2, 0) is 19.4 Å². The van der Waals surface area contributed by atoms with Crippen LogP contribution < -0.4 is 5.73 Å². The molecule has 0 radical (unpaired) electrons. The summed E-state index contributed by atoms with van der Waals surface area (Å²) in [6.45, 7) is 4.85. The second kappa shape index (κ2) is 6.81. The van der Waals surface area contributed by atoms with Gasteiger partial charge in [-0.25, -0.2) is 0 Å². The highest BCUT2D eigenvalue weighted by atomic mass is 79.9. The van der Waals surface area contributed by atoms with Gasteiger partial charge in [0.15, 0.2) is 0 Å².